The SMILES string of the molecule is CCOCCOCCN1CCOCCOCCNc2ccc(C)cc2OCCN(c2ccc(/C=C/C3=C(C#N)C(=C(C#N)C#N)OC3(C)CCCOC(C)=O)cc2OCCOC)CCOc2cc(C)ccc21. The second-order valence-electron chi connectivity index (χ2n) is 17.1. The van der Waals surface area contributed by atoms with Crippen LogP contribution in [-0.4, -0.2) is 137 Å². The number of nitriles is 3. The van der Waals surface area contributed by atoms with Gasteiger partial charge in [0, 0.05) is 45.8 Å². The number of hydrogen-bond acceptors (Lipinski definition) is 17. The predicted molar refractivity (Wildman–Crippen MR) is 274 cm³/mol. The van der Waals surface area contributed by atoms with E-state index in [4.69, 9.17) is 47.4 Å². The number of nitrogens with zero attached hydrogens (tertiary/aromatic N) is 5. The smallest absolute Gasteiger partial charge is 0.302 e. The third kappa shape index (κ3) is 17.2. The van der Waals surface area contributed by atoms with Gasteiger partial charge in [0.1, 0.15) is 66.5 Å². The zero-order valence-corrected chi connectivity index (χ0v) is 42.7. The summed E-state index contributed by atoms with van der Waals surface area (Å²) in [4.78, 5) is 15.9. The van der Waals surface area contributed by atoms with Gasteiger partial charge in [-0.3, -0.25) is 4.79 Å². The standard InChI is InChI=1S/C55H70N6O11/c1-7-64-30-31-66-25-19-60-20-26-67-33-32-65-24-18-59-48-14-9-41(2)35-51(48)69-27-21-61(22-28-70-52-36-42(3)10-15-49(52)60)50-16-12-44(37-53(50)71-34-29-63-6)11-13-47-46(40-58)54(45(38-56)39-57)72-55(47,5)17-8-23-68-43(4)62/h9-16,35-37,59H,7-8,17-34H2,1-6H3/b13-11+. The average molecular weight is 991 g/mol. The molecule has 72 heavy (non-hydrogen) atoms. The topological polar surface area (TPSA) is 199 Å². The van der Waals surface area contributed by atoms with Gasteiger partial charge in [-0.15, -0.1) is 0 Å². The molecule has 3 aromatic rings. The van der Waals surface area contributed by atoms with Crippen LogP contribution in [0.25, 0.3) is 6.08 Å². The summed E-state index contributed by atoms with van der Waals surface area (Å²) in [6, 6.07) is 24.0. The second-order valence-corrected chi connectivity index (χ2v) is 17.1. The van der Waals surface area contributed by atoms with Gasteiger partial charge in [-0.1, -0.05) is 30.4 Å². The lowest BCUT2D eigenvalue weighted by atomic mass is 9.88. The lowest BCUT2D eigenvalue weighted by Crippen LogP contribution is -2.34. The van der Waals surface area contributed by atoms with Crippen LogP contribution in [0.4, 0.5) is 17.1 Å². The molecule has 0 saturated carbocycles. The number of fused-ring (bicyclic) bond motifs is 2. The van der Waals surface area contributed by atoms with Gasteiger partial charge in [0.15, 0.2) is 11.3 Å². The first kappa shape index (κ1) is 56.1. The number of carbonyl (C=O) groups excluding carboxylic acids is 1. The number of carbonyl (C=O) groups is 1. The van der Waals surface area contributed by atoms with E-state index in [0.29, 0.717) is 130 Å². The maximum Gasteiger partial charge on any atom is 0.302 e. The first-order valence-corrected chi connectivity index (χ1v) is 24.5. The largest absolute Gasteiger partial charge is 0.490 e. The Labute approximate surface area is 425 Å². The molecule has 2 aliphatic rings. The normalized spacial score (nSPS) is 17.1. The van der Waals surface area contributed by atoms with Crippen molar-refractivity contribution in [3.05, 3.63) is 99.8 Å². The lowest BCUT2D eigenvalue weighted by Gasteiger charge is -2.29. The molecule has 17 nitrogen and oxygen atoms in total. The van der Waals surface area contributed by atoms with Crippen LogP contribution in [-0.2, 0) is 38.0 Å². The Bertz CT molecular complexity index is 2440. The van der Waals surface area contributed by atoms with E-state index in [9.17, 15) is 20.6 Å². The zero-order valence-electron chi connectivity index (χ0n) is 42.7. The maximum absolute atomic E-state index is 11.5. The molecule has 0 aliphatic carbocycles. The van der Waals surface area contributed by atoms with Gasteiger partial charge < -0.3 is 62.5 Å². The quantitative estimate of drug-likeness (QED) is 0.0733. The fraction of sp³-hybridized carbons (Fsp3) is 0.491. The fourth-order valence-electron chi connectivity index (χ4n) is 8.05. The molecular formula is C55H70N6O11. The number of esters is 1. The van der Waals surface area contributed by atoms with Crippen LogP contribution in [0.2, 0.25) is 0 Å². The number of allylic oxidation sites excluding steroid dienone is 2. The van der Waals surface area contributed by atoms with E-state index < -0.39 is 11.6 Å². The van der Waals surface area contributed by atoms with Crippen LogP contribution >= 0.6 is 0 Å². The lowest BCUT2D eigenvalue weighted by molar-refractivity contribution is -0.141. The molecule has 5 rings (SSSR count). The van der Waals surface area contributed by atoms with Crippen molar-refractivity contribution in [3.8, 4) is 35.5 Å². The molecule has 2 aliphatic heterocycles. The summed E-state index contributed by atoms with van der Waals surface area (Å²) >= 11 is 0. The zero-order chi connectivity index (χ0) is 51.6. The van der Waals surface area contributed by atoms with Crippen LogP contribution in [0.5, 0.6) is 17.2 Å². The van der Waals surface area contributed by atoms with Gasteiger partial charge in [-0.2, -0.15) is 15.8 Å². The van der Waals surface area contributed by atoms with E-state index in [1.165, 1.54) is 6.92 Å². The van der Waals surface area contributed by atoms with Crippen LogP contribution in [0.15, 0.2) is 83.2 Å². The molecule has 3 aromatic carbocycles. The van der Waals surface area contributed by atoms with Crippen LogP contribution in [0.3, 0.4) is 0 Å². The van der Waals surface area contributed by atoms with Crippen molar-refractivity contribution in [1.29, 1.82) is 15.8 Å². The summed E-state index contributed by atoms with van der Waals surface area (Å²) in [6.45, 7) is 17.3. The minimum absolute atomic E-state index is 0.0785. The summed E-state index contributed by atoms with van der Waals surface area (Å²) in [5.41, 5.74) is 4.56. The van der Waals surface area contributed by atoms with Gasteiger partial charge in [0.05, 0.1) is 89.6 Å². The van der Waals surface area contributed by atoms with Crippen molar-refractivity contribution in [3.63, 3.8) is 0 Å². The maximum atomic E-state index is 11.5. The Morgan fingerprint density at radius 3 is 2.22 bits per heavy atom. The van der Waals surface area contributed by atoms with Gasteiger partial charge in [-0.25, -0.2) is 0 Å². The molecule has 0 radical (unpaired) electrons. The molecule has 17 heteroatoms. The van der Waals surface area contributed by atoms with Crippen LogP contribution < -0.4 is 29.3 Å². The first-order valence-electron chi connectivity index (χ1n) is 24.5. The summed E-state index contributed by atoms with van der Waals surface area (Å²) in [5, 5.41) is 33.4. The molecule has 386 valence electrons. The Morgan fingerprint density at radius 2 is 1.50 bits per heavy atom. The number of hydrogen-bond donors (Lipinski definition) is 1. The highest BCUT2D eigenvalue weighted by Crippen LogP contribution is 2.44. The highest BCUT2D eigenvalue weighted by molar-refractivity contribution is 5.69. The third-order valence-corrected chi connectivity index (χ3v) is 11.7. The van der Waals surface area contributed by atoms with Gasteiger partial charge in [0.2, 0.25) is 0 Å². The highest BCUT2D eigenvalue weighted by Gasteiger charge is 2.42. The van der Waals surface area contributed by atoms with E-state index in [2.05, 4.69) is 39.4 Å². The fourth-order valence-corrected chi connectivity index (χ4v) is 8.05. The van der Waals surface area contributed by atoms with Crippen molar-refractivity contribution in [2.24, 2.45) is 0 Å². The number of nitrogens with one attached hydrogen (secondary N) is 1. The van der Waals surface area contributed by atoms with Crippen LogP contribution in [0.1, 0.15) is 50.3 Å². The van der Waals surface area contributed by atoms with E-state index in [-0.39, 0.29) is 30.1 Å². The van der Waals surface area contributed by atoms with Gasteiger partial charge in [0.25, 0.3) is 0 Å². The molecule has 0 saturated heterocycles. The molecule has 1 unspecified atom stereocenters. The van der Waals surface area contributed by atoms with Crippen molar-refractivity contribution >= 4 is 29.1 Å². The summed E-state index contributed by atoms with van der Waals surface area (Å²) in [7, 11) is 1.61. The van der Waals surface area contributed by atoms with Crippen molar-refractivity contribution in [2.75, 3.05) is 141 Å². The third-order valence-electron chi connectivity index (χ3n) is 11.7. The molecule has 2 heterocycles. The number of aryl methyl sites for hydroxylation is 2. The monoisotopic (exact) mass is 991 g/mol. The molecule has 0 amide bonds. The highest BCUT2D eigenvalue weighted by atomic mass is 16.5. The van der Waals surface area contributed by atoms with E-state index >= 15 is 0 Å². The Morgan fingerprint density at radius 1 is 0.792 bits per heavy atom. The van der Waals surface area contributed by atoms with Gasteiger partial charge in [-0.05, 0) is 93.6 Å². The molecule has 1 N–H and O–H groups in total. The minimum atomic E-state index is -1.11. The van der Waals surface area contributed by atoms with Crippen LogP contribution in [0, 0.1) is 47.8 Å². The molecule has 0 fully saturated rings. The second kappa shape index (κ2) is 30.2. The van der Waals surface area contributed by atoms with Crippen molar-refractivity contribution in [1.82, 2.24) is 0 Å². The molecule has 0 aromatic heterocycles. The Balaban J connectivity index is 1.51. The first-order chi connectivity index (χ1) is 35.0. The summed E-state index contributed by atoms with van der Waals surface area (Å²) < 4.78 is 60.0. The number of benzene rings is 3. The van der Waals surface area contributed by atoms with Crippen molar-refractivity contribution in [2.45, 2.75) is 53.1 Å². The molecule has 0 spiro atoms. The summed E-state index contributed by atoms with van der Waals surface area (Å²) in [6.07, 6.45) is 4.34. The average Bonchev–Trinajstić information content (AvgIpc) is 3.65. The number of methoxy groups -OCH3 is 1. The molecule has 1 atom stereocenters. The van der Waals surface area contributed by atoms with E-state index in [1.54, 1.807) is 20.1 Å². The van der Waals surface area contributed by atoms with Crippen molar-refractivity contribution < 1.29 is 52.2 Å². The van der Waals surface area contributed by atoms with Gasteiger partial charge >= 0.3 is 5.97 Å². The number of anilines is 3. The Kier molecular flexibility index (Phi) is 23.5. The molecule has 0 bridgehead atoms. The number of ether oxygens (including phenoxy) is 10. The minimum Gasteiger partial charge on any atom is -0.490 e. The predicted octanol–water partition coefficient (Wildman–Crippen LogP) is 7.88. The van der Waals surface area contributed by atoms with E-state index in [0.717, 1.165) is 45.3 Å². The number of rotatable bonds is 18. The Hall–Kier alpha value is -6.78. The van der Waals surface area contributed by atoms with E-state index in [1.807, 2.05) is 75.4 Å². The summed E-state index contributed by atoms with van der Waals surface area (Å²) in [5.74, 6) is 1.53. The molecular weight excluding hydrogens is 921 g/mol.